The minimum atomic E-state index is -0.377. The summed E-state index contributed by atoms with van der Waals surface area (Å²) in [6, 6.07) is 23.8. The van der Waals surface area contributed by atoms with Crippen molar-refractivity contribution in [2.75, 3.05) is 37.8 Å². The number of likely N-dealkylation sites (tertiary alicyclic amines) is 1. The number of amides is 1. The predicted molar refractivity (Wildman–Crippen MR) is 201 cm³/mol. The maximum atomic E-state index is 13.0. The number of hydrogen-bond acceptors (Lipinski definition) is 9. The number of fused-ring (bicyclic) bond motifs is 1. The molecule has 4 aromatic rings. The number of hydrazine groups is 2. The number of aromatic nitrogens is 1. The van der Waals surface area contributed by atoms with E-state index in [-0.39, 0.29) is 23.5 Å². The summed E-state index contributed by atoms with van der Waals surface area (Å²) >= 11 is 6.92. The van der Waals surface area contributed by atoms with Crippen LogP contribution in [0.4, 0.5) is 11.4 Å². The maximum Gasteiger partial charge on any atom is 0.253 e. The van der Waals surface area contributed by atoms with E-state index in [0.29, 0.717) is 33.4 Å². The fourth-order valence-electron chi connectivity index (χ4n) is 6.74. The van der Waals surface area contributed by atoms with Crippen LogP contribution in [0.5, 0.6) is 0 Å². The molecule has 0 radical (unpaired) electrons. The Hall–Kier alpha value is -4.82. The molecule has 1 saturated heterocycles. The third kappa shape index (κ3) is 7.50. The Bertz CT molecular complexity index is 1920. The number of rotatable bonds is 9. The molecule has 1 unspecified atom stereocenters. The summed E-state index contributed by atoms with van der Waals surface area (Å²) in [5, 5.41) is 20.7. The number of carbonyl (C=O) groups excluding carboxylic acids is 1. The predicted octanol–water partition coefficient (Wildman–Crippen LogP) is 7.22. The zero-order valence-corrected chi connectivity index (χ0v) is 30.3. The van der Waals surface area contributed by atoms with Gasteiger partial charge >= 0.3 is 0 Å². The second-order valence-corrected chi connectivity index (χ2v) is 14.7. The molecule has 1 fully saturated rings. The van der Waals surface area contributed by atoms with Crippen LogP contribution < -0.4 is 21.6 Å². The molecule has 10 nitrogen and oxygen atoms in total. The van der Waals surface area contributed by atoms with Gasteiger partial charge in [-0.1, -0.05) is 54.1 Å². The maximum absolute atomic E-state index is 13.0. The molecule has 2 atom stereocenters. The van der Waals surface area contributed by atoms with Crippen LogP contribution in [-0.2, 0) is 0 Å². The van der Waals surface area contributed by atoms with Gasteiger partial charge in [-0.25, -0.2) is 0 Å². The number of hydrogen-bond donors (Lipinski definition) is 4. The first kappa shape index (κ1) is 35.0. The summed E-state index contributed by atoms with van der Waals surface area (Å²) in [4.78, 5) is 21.7. The van der Waals surface area contributed by atoms with E-state index < -0.39 is 0 Å². The SMILES string of the molecule is CC(Nc1c(C#N)cnc2c(Cl)cc(N[C@H](C3=CN(C4CCN(C(C)(C)C)CC4)NN3)c3cccc(C(=O)N(C)C)c3)cc12)c1ccccc1. The number of piperidine rings is 1. The summed E-state index contributed by atoms with van der Waals surface area (Å²) in [7, 11) is 3.51. The molecule has 3 heterocycles. The van der Waals surface area contributed by atoms with Crippen LogP contribution in [0.1, 0.15) is 79.7 Å². The average Bonchev–Trinajstić information content (AvgIpc) is 3.60. The largest absolute Gasteiger partial charge is 0.377 e. The summed E-state index contributed by atoms with van der Waals surface area (Å²) < 4.78 is 0. The Balaban J connectivity index is 1.37. The van der Waals surface area contributed by atoms with E-state index in [9.17, 15) is 10.1 Å². The zero-order chi connectivity index (χ0) is 35.6. The van der Waals surface area contributed by atoms with Crippen LogP contribution >= 0.6 is 11.6 Å². The van der Waals surface area contributed by atoms with Crippen LogP contribution in [0.3, 0.4) is 0 Å². The molecule has 6 rings (SSSR count). The van der Waals surface area contributed by atoms with E-state index in [1.54, 1.807) is 25.2 Å². The fraction of sp³-hybridized carbons (Fsp3) is 0.359. The van der Waals surface area contributed by atoms with Gasteiger partial charge in [0.2, 0.25) is 0 Å². The topological polar surface area (TPSA) is 112 Å². The fourth-order valence-corrected chi connectivity index (χ4v) is 7.01. The Morgan fingerprint density at radius 2 is 1.76 bits per heavy atom. The smallest absolute Gasteiger partial charge is 0.253 e. The third-order valence-electron chi connectivity index (χ3n) is 9.61. The minimum Gasteiger partial charge on any atom is -0.377 e. The zero-order valence-electron chi connectivity index (χ0n) is 29.6. The number of benzene rings is 3. The van der Waals surface area contributed by atoms with Gasteiger partial charge < -0.3 is 21.0 Å². The van der Waals surface area contributed by atoms with Crippen molar-refractivity contribution < 1.29 is 4.79 Å². The first-order valence-corrected chi connectivity index (χ1v) is 17.5. The second-order valence-electron chi connectivity index (χ2n) is 14.3. The summed E-state index contributed by atoms with van der Waals surface area (Å²) in [5.74, 6) is -0.0728. The quantitative estimate of drug-likeness (QED) is 0.145. The highest BCUT2D eigenvalue weighted by atomic mass is 35.5. The van der Waals surface area contributed by atoms with Crippen LogP contribution in [0, 0.1) is 11.3 Å². The normalized spacial score (nSPS) is 16.7. The number of nitrogens with one attached hydrogen (secondary N) is 4. The molecule has 0 bridgehead atoms. The van der Waals surface area contributed by atoms with Gasteiger partial charge in [0.25, 0.3) is 5.91 Å². The lowest BCUT2D eigenvalue weighted by atomic mass is 9.97. The first-order valence-electron chi connectivity index (χ1n) is 17.1. The van der Waals surface area contributed by atoms with Gasteiger partial charge in [-0.2, -0.15) is 5.26 Å². The second kappa shape index (κ2) is 14.6. The van der Waals surface area contributed by atoms with Gasteiger partial charge in [0.05, 0.1) is 33.5 Å². The van der Waals surface area contributed by atoms with Crippen molar-refractivity contribution in [3.63, 3.8) is 0 Å². The van der Waals surface area contributed by atoms with Crippen molar-refractivity contribution in [3.8, 4) is 6.07 Å². The number of carbonyl (C=O) groups is 1. The van der Waals surface area contributed by atoms with E-state index in [1.165, 1.54) is 0 Å². The van der Waals surface area contributed by atoms with Gasteiger partial charge in [0.15, 0.2) is 0 Å². The molecule has 4 N–H and O–H groups in total. The molecule has 0 aliphatic carbocycles. The van der Waals surface area contributed by atoms with Crippen molar-refractivity contribution in [3.05, 3.63) is 112 Å². The Kier molecular flexibility index (Phi) is 10.2. The average molecular weight is 692 g/mol. The van der Waals surface area contributed by atoms with Crippen LogP contribution in [0.2, 0.25) is 5.02 Å². The molecule has 11 heteroatoms. The lowest BCUT2D eigenvalue weighted by molar-refractivity contribution is 0.0570. The van der Waals surface area contributed by atoms with Crippen LogP contribution in [-0.4, -0.2) is 64.5 Å². The summed E-state index contributed by atoms with van der Waals surface area (Å²) in [6.07, 6.45) is 5.76. The molecule has 2 aliphatic heterocycles. The number of nitrogens with zero attached hydrogens (tertiary/aromatic N) is 5. The highest BCUT2D eigenvalue weighted by molar-refractivity contribution is 6.35. The van der Waals surface area contributed by atoms with E-state index in [4.69, 9.17) is 11.6 Å². The summed E-state index contributed by atoms with van der Waals surface area (Å²) in [5.41, 5.74) is 12.9. The van der Waals surface area contributed by atoms with E-state index in [0.717, 1.165) is 53.8 Å². The molecule has 260 valence electrons. The molecule has 1 aromatic heterocycles. The van der Waals surface area contributed by atoms with Crippen LogP contribution in [0.15, 0.2) is 84.8 Å². The van der Waals surface area contributed by atoms with Gasteiger partial charge in [0, 0.05) is 73.8 Å². The lowest BCUT2D eigenvalue weighted by Gasteiger charge is -2.42. The van der Waals surface area contributed by atoms with Crippen molar-refractivity contribution in [1.29, 1.82) is 5.26 Å². The molecule has 0 spiro atoms. The van der Waals surface area contributed by atoms with Gasteiger partial charge in [-0.3, -0.25) is 19.7 Å². The lowest BCUT2D eigenvalue weighted by Crippen LogP contribution is -2.52. The number of pyridine rings is 1. The monoisotopic (exact) mass is 691 g/mol. The van der Waals surface area contributed by atoms with Gasteiger partial charge in [-0.05, 0) is 75.9 Å². The van der Waals surface area contributed by atoms with E-state index in [2.05, 4.69) is 88.6 Å². The molecule has 1 amide bonds. The van der Waals surface area contributed by atoms with Crippen LogP contribution in [0.25, 0.3) is 10.9 Å². The van der Waals surface area contributed by atoms with Crippen molar-refractivity contribution in [2.24, 2.45) is 0 Å². The number of halogens is 1. The standard InChI is InChI=1S/C39H46ClN9O/c1-25(26-11-8-7-9-12-26)43-35-29(22-41)23-42-37-32(35)20-30(21-33(37)40)44-36(27-13-10-14-28(19-27)38(50)47(5)6)34-24-49(46-45-34)31-15-17-48(18-16-31)39(2,3)4/h7-14,19-21,23-25,31,36,44-46H,15-18H2,1-6H3,(H,42,43)/t25?,36-/m0/s1. The molecular weight excluding hydrogens is 646 g/mol. The van der Waals surface area contributed by atoms with Gasteiger partial charge in [-0.15, -0.1) is 5.53 Å². The Labute approximate surface area is 300 Å². The van der Waals surface area contributed by atoms with Crippen molar-refractivity contribution >= 4 is 39.8 Å². The number of anilines is 2. The van der Waals surface area contributed by atoms with Crippen molar-refractivity contribution in [2.45, 2.75) is 64.2 Å². The molecule has 3 aromatic carbocycles. The van der Waals surface area contributed by atoms with Gasteiger partial charge in [0.1, 0.15) is 6.07 Å². The van der Waals surface area contributed by atoms with Crippen molar-refractivity contribution in [1.82, 2.24) is 30.8 Å². The molecule has 50 heavy (non-hydrogen) atoms. The molecule has 0 saturated carbocycles. The minimum absolute atomic E-state index is 0.0728. The first-order chi connectivity index (χ1) is 23.9. The van der Waals surface area contributed by atoms with E-state index >= 15 is 0 Å². The Morgan fingerprint density at radius 1 is 1.04 bits per heavy atom. The molecular formula is C39H46ClN9O. The molecule has 2 aliphatic rings. The highest BCUT2D eigenvalue weighted by Gasteiger charge is 2.32. The Morgan fingerprint density at radius 3 is 2.44 bits per heavy atom. The third-order valence-corrected chi connectivity index (χ3v) is 9.90. The highest BCUT2D eigenvalue weighted by Crippen LogP contribution is 2.37. The van der Waals surface area contributed by atoms with E-state index in [1.807, 2.05) is 54.6 Å². The number of nitriles is 1. The summed E-state index contributed by atoms with van der Waals surface area (Å²) in [6.45, 7) is 10.9.